The molecule has 1 aromatic rings. The fourth-order valence-corrected chi connectivity index (χ4v) is 1.48. The average molecular weight is 264 g/mol. The lowest BCUT2D eigenvalue weighted by Gasteiger charge is -2.38. The normalized spacial score (nSPS) is 12.0. The first kappa shape index (κ1) is 15.1. The monoisotopic (exact) mass is 264 g/mol. The molecule has 19 heavy (non-hydrogen) atoms. The highest BCUT2D eigenvalue weighted by atomic mass is 16.4. The lowest BCUT2D eigenvalue weighted by Crippen LogP contribution is -2.57. The van der Waals surface area contributed by atoms with Gasteiger partial charge >= 0.3 is 5.97 Å². The van der Waals surface area contributed by atoms with Crippen LogP contribution in [-0.2, 0) is 16.0 Å². The van der Waals surface area contributed by atoms with E-state index in [0.717, 1.165) is 0 Å². The van der Waals surface area contributed by atoms with Gasteiger partial charge in [-0.25, -0.2) is 0 Å². The van der Waals surface area contributed by atoms with Crippen LogP contribution in [0.3, 0.4) is 0 Å². The van der Waals surface area contributed by atoms with Gasteiger partial charge in [-0.1, -0.05) is 6.07 Å². The predicted molar refractivity (Wildman–Crippen MR) is 71.6 cm³/mol. The second-order valence-corrected chi connectivity index (χ2v) is 5.60. The number of carboxylic acid groups (broad SMARTS) is 1. The quantitative estimate of drug-likeness (QED) is 0.847. The highest BCUT2D eigenvalue weighted by Crippen LogP contribution is 2.30. The fourth-order valence-electron chi connectivity index (χ4n) is 1.48. The Kier molecular flexibility index (Phi) is 4.29. The van der Waals surface area contributed by atoms with E-state index in [9.17, 15) is 14.7 Å². The van der Waals surface area contributed by atoms with Crippen LogP contribution in [0, 0.1) is 5.41 Å². The van der Waals surface area contributed by atoms with Crippen molar-refractivity contribution in [3.8, 4) is 0 Å². The number of carbonyl (C=O) groups excluding carboxylic acids is 1. The Balaban J connectivity index is 2.74. The first-order valence-corrected chi connectivity index (χ1v) is 6.11. The summed E-state index contributed by atoms with van der Waals surface area (Å²) in [4.78, 5) is 27.3. The Labute approximate surface area is 113 Å². The van der Waals surface area contributed by atoms with Crippen molar-refractivity contribution in [2.45, 2.75) is 39.7 Å². The molecule has 0 aliphatic rings. The Bertz CT molecular complexity index is 467. The molecule has 0 atom stereocenters. The Morgan fingerprint density at radius 3 is 2.37 bits per heavy atom. The maximum absolute atomic E-state index is 12.0. The number of nitrogens with zero attached hydrogens (tertiary/aromatic N) is 1. The molecule has 1 heterocycles. The van der Waals surface area contributed by atoms with Gasteiger partial charge in [0, 0.05) is 17.4 Å². The second-order valence-electron chi connectivity index (χ2n) is 5.60. The van der Waals surface area contributed by atoms with Gasteiger partial charge in [-0.2, -0.15) is 0 Å². The summed E-state index contributed by atoms with van der Waals surface area (Å²) in [5.41, 5.74) is -1.26. The fraction of sp³-hybridized carbons (Fsp3) is 0.500. The van der Waals surface area contributed by atoms with Gasteiger partial charge in [0.15, 0.2) is 0 Å². The molecule has 0 fully saturated rings. The highest BCUT2D eigenvalue weighted by Gasteiger charge is 2.44. The zero-order chi connectivity index (χ0) is 14.7. The van der Waals surface area contributed by atoms with E-state index in [1.54, 1.807) is 46.0 Å². The molecule has 1 aromatic heterocycles. The summed E-state index contributed by atoms with van der Waals surface area (Å²) in [6, 6.07) is 5.34. The topological polar surface area (TPSA) is 79.3 Å². The summed E-state index contributed by atoms with van der Waals surface area (Å²) in [6.07, 6.45) is 1.76. The summed E-state index contributed by atoms with van der Waals surface area (Å²) in [5.74, 6) is -1.19. The molecule has 0 spiro atoms. The Morgan fingerprint density at radius 1 is 1.26 bits per heavy atom. The number of aromatic nitrogens is 1. The molecule has 0 saturated heterocycles. The third kappa shape index (κ3) is 3.53. The van der Waals surface area contributed by atoms with Gasteiger partial charge in [0.25, 0.3) is 0 Å². The molecule has 0 aliphatic carbocycles. The molecule has 0 bridgehead atoms. The van der Waals surface area contributed by atoms with Crippen molar-refractivity contribution >= 4 is 11.9 Å². The van der Waals surface area contributed by atoms with E-state index >= 15 is 0 Å². The van der Waals surface area contributed by atoms with Gasteiger partial charge in [-0.05, 0) is 39.8 Å². The number of hydrogen-bond acceptors (Lipinski definition) is 3. The van der Waals surface area contributed by atoms with E-state index in [4.69, 9.17) is 0 Å². The number of carbonyl (C=O) groups is 2. The Hall–Kier alpha value is -1.91. The molecule has 0 aromatic carbocycles. The van der Waals surface area contributed by atoms with Crippen LogP contribution >= 0.6 is 0 Å². The third-order valence-corrected chi connectivity index (χ3v) is 3.62. The van der Waals surface area contributed by atoms with Crippen LogP contribution in [0.15, 0.2) is 24.4 Å². The van der Waals surface area contributed by atoms with Gasteiger partial charge in [0.2, 0.25) is 5.91 Å². The zero-order valence-corrected chi connectivity index (χ0v) is 11.7. The molecule has 1 amide bonds. The zero-order valence-electron chi connectivity index (χ0n) is 11.7. The molecule has 104 valence electrons. The van der Waals surface area contributed by atoms with E-state index in [0.29, 0.717) is 5.69 Å². The first-order chi connectivity index (χ1) is 8.67. The third-order valence-electron chi connectivity index (χ3n) is 3.62. The highest BCUT2D eigenvalue weighted by molar-refractivity contribution is 5.81. The standard InChI is InChI=1S/C14H20N2O3/c1-13(2,12(18)19)14(3,4)16-11(17)9-10-7-5-6-8-15-10/h5-8H,9H2,1-4H3,(H,16,17)(H,18,19). The van der Waals surface area contributed by atoms with Crippen molar-refractivity contribution in [1.82, 2.24) is 10.3 Å². The molecule has 5 nitrogen and oxygen atoms in total. The van der Waals surface area contributed by atoms with E-state index in [1.807, 2.05) is 6.07 Å². The molecule has 0 saturated carbocycles. The van der Waals surface area contributed by atoms with Crippen LogP contribution in [0.1, 0.15) is 33.4 Å². The minimum Gasteiger partial charge on any atom is -0.481 e. The molecule has 2 N–H and O–H groups in total. The Morgan fingerprint density at radius 2 is 1.89 bits per heavy atom. The van der Waals surface area contributed by atoms with E-state index in [1.165, 1.54) is 0 Å². The number of amides is 1. The number of pyridine rings is 1. The molecular weight excluding hydrogens is 244 g/mol. The molecule has 0 aliphatic heterocycles. The van der Waals surface area contributed by atoms with Gasteiger partial charge in [-0.3, -0.25) is 14.6 Å². The number of carboxylic acids is 1. The molecule has 0 radical (unpaired) electrons. The van der Waals surface area contributed by atoms with Crippen molar-refractivity contribution in [1.29, 1.82) is 0 Å². The van der Waals surface area contributed by atoms with Gasteiger partial charge in [0.05, 0.1) is 11.8 Å². The van der Waals surface area contributed by atoms with E-state index in [2.05, 4.69) is 10.3 Å². The minimum absolute atomic E-state index is 0.139. The smallest absolute Gasteiger partial charge is 0.311 e. The van der Waals surface area contributed by atoms with Crippen LogP contribution in [0.25, 0.3) is 0 Å². The number of aliphatic carboxylic acids is 1. The average Bonchev–Trinajstić information content (AvgIpc) is 2.28. The van der Waals surface area contributed by atoms with Crippen molar-refractivity contribution < 1.29 is 14.7 Å². The lowest BCUT2D eigenvalue weighted by molar-refractivity contribution is -0.151. The van der Waals surface area contributed by atoms with Crippen LogP contribution in [-0.4, -0.2) is 27.5 Å². The van der Waals surface area contributed by atoms with Crippen LogP contribution < -0.4 is 5.32 Å². The number of hydrogen-bond donors (Lipinski definition) is 2. The van der Waals surface area contributed by atoms with Gasteiger partial charge in [-0.15, -0.1) is 0 Å². The largest absolute Gasteiger partial charge is 0.481 e. The maximum Gasteiger partial charge on any atom is 0.311 e. The molecule has 1 rings (SSSR count). The summed E-state index contributed by atoms with van der Waals surface area (Å²) in [6.45, 7) is 6.60. The lowest BCUT2D eigenvalue weighted by atomic mass is 9.74. The molecular formula is C14H20N2O3. The van der Waals surface area contributed by atoms with E-state index < -0.39 is 16.9 Å². The van der Waals surface area contributed by atoms with Crippen LogP contribution in [0.5, 0.6) is 0 Å². The first-order valence-electron chi connectivity index (χ1n) is 6.11. The van der Waals surface area contributed by atoms with Crippen molar-refractivity contribution in [3.05, 3.63) is 30.1 Å². The van der Waals surface area contributed by atoms with Crippen molar-refractivity contribution in [3.63, 3.8) is 0 Å². The predicted octanol–water partition coefficient (Wildman–Crippen LogP) is 1.63. The molecule has 0 unspecified atom stereocenters. The number of rotatable bonds is 5. The number of nitrogens with one attached hydrogen (secondary N) is 1. The maximum atomic E-state index is 12.0. The van der Waals surface area contributed by atoms with Gasteiger partial charge in [0.1, 0.15) is 0 Å². The molecule has 5 heteroatoms. The van der Waals surface area contributed by atoms with Crippen molar-refractivity contribution in [2.24, 2.45) is 5.41 Å². The van der Waals surface area contributed by atoms with Crippen LogP contribution in [0.2, 0.25) is 0 Å². The van der Waals surface area contributed by atoms with Crippen molar-refractivity contribution in [2.75, 3.05) is 0 Å². The summed E-state index contributed by atoms with van der Waals surface area (Å²) in [5, 5.41) is 12.0. The summed E-state index contributed by atoms with van der Waals surface area (Å²) < 4.78 is 0. The minimum atomic E-state index is -1.06. The van der Waals surface area contributed by atoms with E-state index in [-0.39, 0.29) is 12.3 Å². The summed E-state index contributed by atoms with van der Waals surface area (Å²) >= 11 is 0. The van der Waals surface area contributed by atoms with Gasteiger partial charge < -0.3 is 10.4 Å². The SMILES string of the molecule is CC(C)(NC(=O)Cc1ccccn1)C(C)(C)C(=O)O. The van der Waals surface area contributed by atoms with Crippen LogP contribution in [0.4, 0.5) is 0 Å². The summed E-state index contributed by atoms with van der Waals surface area (Å²) in [7, 11) is 0. The second kappa shape index (κ2) is 5.38.